The van der Waals surface area contributed by atoms with Crippen LogP contribution >= 0.6 is 0 Å². The van der Waals surface area contributed by atoms with E-state index in [-0.39, 0.29) is 11.9 Å². The number of hydrogen-bond acceptors (Lipinski definition) is 3. The molecule has 1 saturated carbocycles. The molecule has 0 saturated heterocycles. The molecule has 1 unspecified atom stereocenters. The van der Waals surface area contributed by atoms with Crippen LogP contribution in [-0.4, -0.2) is 23.5 Å². The number of rotatable bonds is 5. The summed E-state index contributed by atoms with van der Waals surface area (Å²) in [7, 11) is 0. The topological polar surface area (TPSA) is 54.0 Å². The lowest BCUT2D eigenvalue weighted by Crippen LogP contribution is -2.37. The number of anilines is 1. The summed E-state index contributed by atoms with van der Waals surface area (Å²) >= 11 is 0. The van der Waals surface area contributed by atoms with Gasteiger partial charge in [-0.3, -0.25) is 4.79 Å². The molecule has 4 nitrogen and oxygen atoms in total. The number of carbonyl (C=O) groups excluding carboxylic acids is 1. The second-order valence-corrected chi connectivity index (χ2v) is 5.72. The molecule has 0 bridgehead atoms. The van der Waals surface area contributed by atoms with E-state index in [1.165, 1.54) is 25.7 Å². The Hall–Kier alpha value is -1.58. The Labute approximate surface area is 121 Å². The van der Waals surface area contributed by atoms with Crippen molar-refractivity contribution in [2.24, 2.45) is 5.92 Å². The molecule has 4 heteroatoms. The Balaban J connectivity index is 2.04. The smallest absolute Gasteiger partial charge is 0.251 e. The Morgan fingerprint density at radius 1 is 1.40 bits per heavy atom. The van der Waals surface area contributed by atoms with E-state index in [2.05, 4.69) is 22.5 Å². The van der Waals surface area contributed by atoms with E-state index in [0.717, 1.165) is 18.1 Å². The van der Waals surface area contributed by atoms with Crippen LogP contribution in [0.1, 0.15) is 55.6 Å². The van der Waals surface area contributed by atoms with Gasteiger partial charge in [-0.2, -0.15) is 0 Å². The molecule has 1 amide bonds. The molecule has 1 aliphatic carbocycles. The van der Waals surface area contributed by atoms with E-state index in [0.29, 0.717) is 11.5 Å². The molecule has 110 valence electrons. The maximum absolute atomic E-state index is 12.4. The maximum atomic E-state index is 12.4. The Morgan fingerprint density at radius 2 is 2.10 bits per heavy atom. The fraction of sp³-hybridized carbons (Fsp3) is 0.625. The van der Waals surface area contributed by atoms with Crippen LogP contribution < -0.4 is 10.6 Å². The van der Waals surface area contributed by atoms with Gasteiger partial charge in [0.05, 0.1) is 0 Å². The highest BCUT2D eigenvalue weighted by molar-refractivity contribution is 5.95. The average Bonchev–Trinajstić information content (AvgIpc) is 2.92. The van der Waals surface area contributed by atoms with Gasteiger partial charge in [-0.05, 0) is 51.7 Å². The lowest BCUT2D eigenvalue weighted by atomic mass is 9.99. The minimum absolute atomic E-state index is 0.00838. The van der Waals surface area contributed by atoms with Gasteiger partial charge in [-0.1, -0.05) is 12.8 Å². The van der Waals surface area contributed by atoms with Crippen molar-refractivity contribution in [3.63, 3.8) is 0 Å². The van der Waals surface area contributed by atoms with Gasteiger partial charge in [-0.25, -0.2) is 4.98 Å². The predicted octanol–water partition coefficient (Wildman–Crippen LogP) is 3.13. The SMILES string of the molecule is CCNc1cc(C(=O)NC(C)C2CCCC2)cc(C)n1. The number of hydrogen-bond donors (Lipinski definition) is 2. The first-order valence-corrected chi connectivity index (χ1v) is 7.63. The van der Waals surface area contributed by atoms with Gasteiger partial charge < -0.3 is 10.6 Å². The number of aromatic nitrogens is 1. The van der Waals surface area contributed by atoms with Crippen molar-refractivity contribution < 1.29 is 4.79 Å². The van der Waals surface area contributed by atoms with Crippen LogP contribution in [0, 0.1) is 12.8 Å². The highest BCUT2D eigenvalue weighted by Gasteiger charge is 2.23. The van der Waals surface area contributed by atoms with Crippen molar-refractivity contribution in [1.82, 2.24) is 10.3 Å². The molecule has 0 aliphatic heterocycles. The zero-order chi connectivity index (χ0) is 14.5. The fourth-order valence-electron chi connectivity index (χ4n) is 2.94. The summed E-state index contributed by atoms with van der Waals surface area (Å²) in [6.07, 6.45) is 5.06. The van der Waals surface area contributed by atoms with Crippen LogP contribution in [0.3, 0.4) is 0 Å². The van der Waals surface area contributed by atoms with Crippen LogP contribution in [0.5, 0.6) is 0 Å². The van der Waals surface area contributed by atoms with Gasteiger partial charge in [0.15, 0.2) is 0 Å². The van der Waals surface area contributed by atoms with Crippen LogP contribution in [0.15, 0.2) is 12.1 Å². The third kappa shape index (κ3) is 3.71. The monoisotopic (exact) mass is 275 g/mol. The summed E-state index contributed by atoms with van der Waals surface area (Å²) < 4.78 is 0. The molecule has 20 heavy (non-hydrogen) atoms. The quantitative estimate of drug-likeness (QED) is 0.868. The Morgan fingerprint density at radius 3 is 2.75 bits per heavy atom. The molecular weight excluding hydrogens is 250 g/mol. The van der Waals surface area contributed by atoms with E-state index in [1.54, 1.807) is 0 Å². The van der Waals surface area contributed by atoms with Crippen molar-refractivity contribution in [3.05, 3.63) is 23.4 Å². The van der Waals surface area contributed by atoms with Crippen LogP contribution in [-0.2, 0) is 0 Å². The van der Waals surface area contributed by atoms with Gasteiger partial charge in [0.2, 0.25) is 0 Å². The summed E-state index contributed by atoms with van der Waals surface area (Å²) in [5.74, 6) is 1.41. The van der Waals surface area contributed by atoms with Crippen molar-refractivity contribution >= 4 is 11.7 Å². The number of pyridine rings is 1. The maximum Gasteiger partial charge on any atom is 0.251 e. The average molecular weight is 275 g/mol. The number of carbonyl (C=O) groups is 1. The van der Waals surface area contributed by atoms with E-state index >= 15 is 0 Å². The molecular formula is C16H25N3O. The highest BCUT2D eigenvalue weighted by atomic mass is 16.1. The van der Waals surface area contributed by atoms with Crippen molar-refractivity contribution in [2.75, 3.05) is 11.9 Å². The van der Waals surface area contributed by atoms with Gasteiger partial charge in [-0.15, -0.1) is 0 Å². The summed E-state index contributed by atoms with van der Waals surface area (Å²) in [6.45, 7) is 6.85. The molecule has 1 fully saturated rings. The summed E-state index contributed by atoms with van der Waals surface area (Å²) in [5, 5.41) is 6.30. The number of nitrogens with zero attached hydrogens (tertiary/aromatic N) is 1. The number of nitrogens with one attached hydrogen (secondary N) is 2. The standard InChI is InChI=1S/C16H25N3O/c1-4-17-15-10-14(9-11(2)18-15)16(20)19-12(3)13-7-5-6-8-13/h9-10,12-13H,4-8H2,1-3H3,(H,17,18)(H,19,20). The number of amides is 1. The van der Waals surface area contributed by atoms with Crippen LogP contribution in [0.4, 0.5) is 5.82 Å². The van der Waals surface area contributed by atoms with Crippen LogP contribution in [0.2, 0.25) is 0 Å². The molecule has 0 aromatic carbocycles. The third-order valence-electron chi connectivity index (χ3n) is 4.04. The van der Waals surface area contributed by atoms with E-state index in [4.69, 9.17) is 0 Å². The second kappa shape index (κ2) is 6.73. The summed E-state index contributed by atoms with van der Waals surface area (Å²) in [6, 6.07) is 3.92. The normalized spacial score (nSPS) is 16.9. The van der Waals surface area contributed by atoms with Crippen molar-refractivity contribution in [3.8, 4) is 0 Å². The van der Waals surface area contributed by atoms with Gasteiger partial charge in [0.25, 0.3) is 5.91 Å². The molecule has 1 heterocycles. The first-order valence-electron chi connectivity index (χ1n) is 7.63. The van der Waals surface area contributed by atoms with E-state index < -0.39 is 0 Å². The predicted molar refractivity (Wildman–Crippen MR) is 82.0 cm³/mol. The minimum Gasteiger partial charge on any atom is -0.370 e. The molecule has 1 atom stereocenters. The molecule has 1 aromatic heterocycles. The number of aryl methyl sites for hydroxylation is 1. The molecule has 1 aromatic rings. The molecule has 0 spiro atoms. The molecule has 1 aliphatic rings. The zero-order valence-electron chi connectivity index (χ0n) is 12.7. The molecule has 2 N–H and O–H groups in total. The molecule has 2 rings (SSSR count). The third-order valence-corrected chi connectivity index (χ3v) is 4.04. The largest absolute Gasteiger partial charge is 0.370 e. The highest BCUT2D eigenvalue weighted by Crippen LogP contribution is 2.27. The molecule has 0 radical (unpaired) electrons. The minimum atomic E-state index is 0.00838. The lowest BCUT2D eigenvalue weighted by molar-refractivity contribution is 0.0927. The van der Waals surface area contributed by atoms with E-state index in [1.807, 2.05) is 26.0 Å². The van der Waals surface area contributed by atoms with Gasteiger partial charge in [0.1, 0.15) is 5.82 Å². The van der Waals surface area contributed by atoms with Crippen molar-refractivity contribution in [2.45, 2.75) is 52.5 Å². The second-order valence-electron chi connectivity index (χ2n) is 5.72. The van der Waals surface area contributed by atoms with Gasteiger partial charge in [0, 0.05) is 23.8 Å². The van der Waals surface area contributed by atoms with Crippen LogP contribution in [0.25, 0.3) is 0 Å². The Kier molecular flexibility index (Phi) is 4.99. The zero-order valence-corrected chi connectivity index (χ0v) is 12.7. The Bertz CT molecular complexity index is 467. The lowest BCUT2D eigenvalue weighted by Gasteiger charge is -2.20. The van der Waals surface area contributed by atoms with Crippen molar-refractivity contribution in [1.29, 1.82) is 0 Å². The fourth-order valence-corrected chi connectivity index (χ4v) is 2.94. The first kappa shape index (κ1) is 14.8. The summed E-state index contributed by atoms with van der Waals surface area (Å²) in [4.78, 5) is 16.7. The van der Waals surface area contributed by atoms with E-state index in [9.17, 15) is 4.79 Å². The van der Waals surface area contributed by atoms with Gasteiger partial charge >= 0.3 is 0 Å². The first-order chi connectivity index (χ1) is 9.60. The summed E-state index contributed by atoms with van der Waals surface area (Å²) in [5.41, 5.74) is 1.56.